The van der Waals surface area contributed by atoms with Crippen molar-refractivity contribution in [3.8, 4) is 5.75 Å². The number of thioether (sulfide) groups is 1. The molecule has 2 aromatic carbocycles. The van der Waals surface area contributed by atoms with Crippen LogP contribution >= 0.6 is 11.8 Å². The number of nitrogens with one attached hydrogen (secondary N) is 2. The van der Waals surface area contributed by atoms with E-state index in [4.69, 9.17) is 4.74 Å². The van der Waals surface area contributed by atoms with Crippen LogP contribution in [0.15, 0.2) is 53.7 Å². The van der Waals surface area contributed by atoms with Crippen molar-refractivity contribution in [2.45, 2.75) is 11.6 Å². The zero-order chi connectivity index (χ0) is 23.1. The highest BCUT2D eigenvalue weighted by Gasteiger charge is 2.15. The molecule has 0 aliphatic carbocycles. The number of anilines is 2. The molecule has 0 aliphatic heterocycles. The van der Waals surface area contributed by atoms with Gasteiger partial charge in [0.05, 0.1) is 24.2 Å². The predicted octanol–water partition coefficient (Wildman–Crippen LogP) is 2.64. The van der Waals surface area contributed by atoms with Crippen LogP contribution in [0.2, 0.25) is 0 Å². The Morgan fingerprint density at radius 3 is 2.50 bits per heavy atom. The summed E-state index contributed by atoms with van der Waals surface area (Å²) in [6.45, 7) is 0. The Labute approximate surface area is 187 Å². The van der Waals surface area contributed by atoms with Crippen LogP contribution < -0.4 is 15.4 Å². The van der Waals surface area contributed by atoms with Gasteiger partial charge in [0, 0.05) is 36.6 Å². The highest BCUT2D eigenvalue weighted by atomic mass is 32.2. The second-order valence-electron chi connectivity index (χ2n) is 6.56. The van der Waals surface area contributed by atoms with Gasteiger partial charge in [-0.3, -0.25) is 19.7 Å². The van der Waals surface area contributed by atoms with Crippen molar-refractivity contribution in [2.75, 3.05) is 23.5 Å². The smallest absolute Gasteiger partial charge is 0.271 e. The SMILES string of the molecule is COc1cccc(NC(=O)Cc2nnc(SCC(=O)Nc3cccc([N+](=O)[O-])c3)n2C)c1. The van der Waals surface area contributed by atoms with Crippen LogP contribution in [0.5, 0.6) is 5.75 Å². The molecule has 2 amide bonds. The third-order valence-corrected chi connectivity index (χ3v) is 5.29. The Hall–Kier alpha value is -3.93. The first-order chi connectivity index (χ1) is 15.4. The van der Waals surface area contributed by atoms with Crippen molar-refractivity contribution in [3.63, 3.8) is 0 Å². The fraction of sp³-hybridized carbons (Fsp3) is 0.200. The van der Waals surface area contributed by atoms with E-state index in [0.717, 1.165) is 11.8 Å². The summed E-state index contributed by atoms with van der Waals surface area (Å²) in [5.74, 6) is 0.463. The maximum absolute atomic E-state index is 12.3. The molecule has 0 fully saturated rings. The number of benzene rings is 2. The van der Waals surface area contributed by atoms with Gasteiger partial charge in [0.1, 0.15) is 11.6 Å². The number of rotatable bonds is 9. The number of aromatic nitrogens is 3. The Morgan fingerprint density at radius 2 is 1.78 bits per heavy atom. The number of nitrogens with zero attached hydrogens (tertiary/aromatic N) is 4. The van der Waals surface area contributed by atoms with Crippen LogP contribution in [-0.4, -0.2) is 44.4 Å². The maximum Gasteiger partial charge on any atom is 0.271 e. The van der Waals surface area contributed by atoms with E-state index in [1.54, 1.807) is 49.1 Å². The van der Waals surface area contributed by atoms with Gasteiger partial charge >= 0.3 is 0 Å². The number of hydrogen-bond acceptors (Lipinski definition) is 8. The molecule has 0 aliphatic rings. The summed E-state index contributed by atoms with van der Waals surface area (Å²) in [5.41, 5.74) is 0.822. The van der Waals surface area contributed by atoms with Crippen molar-refractivity contribution >= 4 is 40.6 Å². The monoisotopic (exact) mass is 456 g/mol. The van der Waals surface area contributed by atoms with Crippen LogP contribution in [0.25, 0.3) is 0 Å². The third kappa shape index (κ3) is 6.04. The van der Waals surface area contributed by atoms with E-state index < -0.39 is 4.92 Å². The molecule has 12 heteroatoms. The van der Waals surface area contributed by atoms with E-state index in [1.165, 1.54) is 18.2 Å². The largest absolute Gasteiger partial charge is 0.497 e. The molecule has 3 rings (SSSR count). The Morgan fingerprint density at radius 1 is 1.09 bits per heavy atom. The summed E-state index contributed by atoms with van der Waals surface area (Å²) < 4.78 is 6.77. The first kappa shape index (κ1) is 22.7. The molecule has 0 saturated heterocycles. The molecule has 11 nitrogen and oxygen atoms in total. The number of hydrogen-bond donors (Lipinski definition) is 2. The number of non-ortho nitro benzene ring substituents is 1. The predicted molar refractivity (Wildman–Crippen MR) is 119 cm³/mol. The van der Waals surface area contributed by atoms with Gasteiger partial charge in [-0.25, -0.2) is 0 Å². The van der Waals surface area contributed by atoms with E-state index in [-0.39, 0.29) is 29.7 Å². The lowest BCUT2D eigenvalue weighted by Crippen LogP contribution is -2.17. The van der Waals surface area contributed by atoms with Crippen molar-refractivity contribution < 1.29 is 19.2 Å². The van der Waals surface area contributed by atoms with Crippen LogP contribution in [0, 0.1) is 10.1 Å². The van der Waals surface area contributed by atoms with Crippen LogP contribution in [0.1, 0.15) is 5.82 Å². The molecule has 32 heavy (non-hydrogen) atoms. The number of nitro groups is 1. The molecule has 0 atom stereocenters. The molecule has 1 heterocycles. The highest BCUT2D eigenvalue weighted by Crippen LogP contribution is 2.20. The number of carbonyl (C=O) groups excluding carboxylic acids is 2. The van der Waals surface area contributed by atoms with Gasteiger partial charge < -0.3 is 19.9 Å². The van der Waals surface area contributed by atoms with Crippen LogP contribution in [-0.2, 0) is 23.1 Å². The van der Waals surface area contributed by atoms with E-state index in [9.17, 15) is 19.7 Å². The van der Waals surface area contributed by atoms with Crippen molar-refractivity contribution in [1.82, 2.24) is 14.8 Å². The van der Waals surface area contributed by atoms with Gasteiger partial charge in [0.2, 0.25) is 11.8 Å². The lowest BCUT2D eigenvalue weighted by molar-refractivity contribution is -0.384. The van der Waals surface area contributed by atoms with Gasteiger partial charge in [-0.1, -0.05) is 23.9 Å². The molecule has 0 unspecified atom stereocenters. The molecular formula is C20H20N6O5S. The van der Waals surface area contributed by atoms with Crippen molar-refractivity contribution in [2.24, 2.45) is 7.05 Å². The fourth-order valence-electron chi connectivity index (χ4n) is 2.70. The number of ether oxygens (including phenoxy) is 1. The van der Waals surface area contributed by atoms with Gasteiger partial charge in [-0.05, 0) is 18.2 Å². The number of carbonyl (C=O) groups is 2. The van der Waals surface area contributed by atoms with E-state index in [0.29, 0.717) is 28.1 Å². The summed E-state index contributed by atoms with van der Waals surface area (Å²) in [6.07, 6.45) is 0.00114. The topological polar surface area (TPSA) is 141 Å². The second kappa shape index (κ2) is 10.4. The molecule has 2 N–H and O–H groups in total. The molecule has 0 saturated carbocycles. The quantitative estimate of drug-likeness (QED) is 0.284. The highest BCUT2D eigenvalue weighted by molar-refractivity contribution is 7.99. The zero-order valence-corrected chi connectivity index (χ0v) is 18.1. The number of nitro benzene ring substituents is 1. The minimum atomic E-state index is -0.532. The molecule has 166 valence electrons. The van der Waals surface area contributed by atoms with Gasteiger partial charge in [-0.2, -0.15) is 0 Å². The third-order valence-electron chi connectivity index (χ3n) is 4.27. The molecule has 0 bridgehead atoms. The number of amides is 2. The Kier molecular flexibility index (Phi) is 7.39. The van der Waals surface area contributed by atoms with E-state index in [1.807, 2.05) is 0 Å². The Bertz CT molecular complexity index is 1150. The van der Waals surface area contributed by atoms with Gasteiger partial charge in [0.15, 0.2) is 5.16 Å². The number of methoxy groups -OCH3 is 1. The second-order valence-corrected chi connectivity index (χ2v) is 7.50. The standard InChI is InChI=1S/C20H20N6O5S/c1-25-17(11-18(27)21-14-6-4-8-16(10-14)31-2)23-24-20(25)32-12-19(28)22-13-5-3-7-15(9-13)26(29)30/h3-10H,11-12H2,1-2H3,(H,21,27)(H,22,28). The summed E-state index contributed by atoms with van der Waals surface area (Å²) >= 11 is 1.14. The lowest BCUT2D eigenvalue weighted by Gasteiger charge is -2.07. The summed E-state index contributed by atoms with van der Waals surface area (Å²) in [7, 11) is 3.25. The van der Waals surface area contributed by atoms with E-state index >= 15 is 0 Å². The molecule has 0 radical (unpaired) electrons. The molecule has 1 aromatic heterocycles. The summed E-state index contributed by atoms with van der Waals surface area (Å²) in [6, 6.07) is 12.7. The minimum absolute atomic E-state index is 0.00114. The maximum atomic E-state index is 12.3. The summed E-state index contributed by atoms with van der Waals surface area (Å²) in [5, 5.41) is 24.7. The average Bonchev–Trinajstić information content (AvgIpc) is 3.11. The van der Waals surface area contributed by atoms with Crippen molar-refractivity contribution in [1.29, 1.82) is 0 Å². The first-order valence-electron chi connectivity index (χ1n) is 9.35. The van der Waals surface area contributed by atoms with Crippen LogP contribution in [0.4, 0.5) is 17.1 Å². The zero-order valence-electron chi connectivity index (χ0n) is 17.3. The first-order valence-corrected chi connectivity index (χ1v) is 10.3. The van der Waals surface area contributed by atoms with Crippen molar-refractivity contribution in [3.05, 3.63) is 64.5 Å². The average molecular weight is 456 g/mol. The minimum Gasteiger partial charge on any atom is -0.497 e. The van der Waals surface area contributed by atoms with Crippen LogP contribution in [0.3, 0.4) is 0 Å². The van der Waals surface area contributed by atoms with Gasteiger partial charge in [0.25, 0.3) is 5.69 Å². The molecule has 3 aromatic rings. The fourth-order valence-corrected chi connectivity index (χ4v) is 3.43. The normalized spacial score (nSPS) is 10.4. The lowest BCUT2D eigenvalue weighted by atomic mass is 10.3. The van der Waals surface area contributed by atoms with Gasteiger partial charge in [-0.15, -0.1) is 10.2 Å². The molecule has 0 spiro atoms. The van der Waals surface area contributed by atoms with E-state index in [2.05, 4.69) is 20.8 Å². The molecular weight excluding hydrogens is 436 g/mol. The Balaban J connectivity index is 1.54. The summed E-state index contributed by atoms with van der Waals surface area (Å²) in [4.78, 5) is 34.8.